The number of ether oxygens (including phenoxy) is 1. The van der Waals surface area contributed by atoms with E-state index in [9.17, 15) is 32.8 Å². The second-order valence-electron chi connectivity index (χ2n) is 10.8. The molecule has 0 spiro atoms. The number of carbonyl (C=O) groups is 3. The third-order valence-electron chi connectivity index (χ3n) is 8.12. The summed E-state index contributed by atoms with van der Waals surface area (Å²) >= 11 is 6.39. The van der Waals surface area contributed by atoms with Gasteiger partial charge in [0.2, 0.25) is 11.8 Å². The summed E-state index contributed by atoms with van der Waals surface area (Å²) in [7, 11) is 1.20. The number of nitrogens with one attached hydrogen (secondary N) is 2. The van der Waals surface area contributed by atoms with E-state index < -0.39 is 48.1 Å². The van der Waals surface area contributed by atoms with Gasteiger partial charge < -0.3 is 20.3 Å². The number of benzene rings is 1. The summed E-state index contributed by atoms with van der Waals surface area (Å²) in [4.78, 5) is 44.2. The van der Waals surface area contributed by atoms with Crippen LogP contribution in [0.3, 0.4) is 0 Å². The minimum absolute atomic E-state index is 0.0781. The lowest BCUT2D eigenvalue weighted by Gasteiger charge is -2.34. The van der Waals surface area contributed by atoms with Gasteiger partial charge in [-0.05, 0) is 35.8 Å². The molecule has 1 aromatic carbocycles. The van der Waals surface area contributed by atoms with Gasteiger partial charge in [-0.2, -0.15) is 18.4 Å². The molecule has 0 bridgehead atoms. The smallest absolute Gasteiger partial charge is 0.379 e. The Kier molecular flexibility index (Phi) is 8.02. The minimum Gasteiger partial charge on any atom is -0.379 e. The number of fused-ring (bicyclic) bond motifs is 2. The van der Waals surface area contributed by atoms with Gasteiger partial charge >= 0.3 is 12.1 Å². The van der Waals surface area contributed by atoms with Gasteiger partial charge in [-0.3, -0.25) is 19.4 Å². The van der Waals surface area contributed by atoms with Crippen LogP contribution in [-0.4, -0.2) is 71.7 Å². The van der Waals surface area contributed by atoms with Crippen LogP contribution in [0, 0.1) is 28.6 Å². The number of nitriles is 1. The Morgan fingerprint density at radius 3 is 2.60 bits per heavy atom. The monoisotopic (exact) mass is 579 g/mol. The Bertz CT molecular complexity index is 1370. The Hall–Kier alpha value is -3.43. The van der Waals surface area contributed by atoms with Gasteiger partial charge in [0.25, 0.3) is 0 Å². The van der Waals surface area contributed by atoms with Crippen molar-refractivity contribution < 1.29 is 32.3 Å². The molecule has 1 aliphatic carbocycles. The number of pyridine rings is 1. The number of aromatic nitrogens is 1. The van der Waals surface area contributed by atoms with Crippen molar-refractivity contribution in [1.29, 1.82) is 5.26 Å². The van der Waals surface area contributed by atoms with E-state index >= 15 is 0 Å². The maximum atomic E-state index is 13.6. The molecule has 13 heteroatoms. The lowest BCUT2D eigenvalue weighted by molar-refractivity contribution is -0.176. The van der Waals surface area contributed by atoms with Crippen LogP contribution in [-0.2, 0) is 25.5 Å². The molecule has 2 heterocycles. The predicted molar refractivity (Wildman–Crippen MR) is 139 cm³/mol. The van der Waals surface area contributed by atoms with Crippen LogP contribution in [0.15, 0.2) is 30.6 Å². The number of carbonyl (C=O) groups excluding carboxylic acids is 3. The van der Waals surface area contributed by atoms with Crippen LogP contribution in [0.1, 0.15) is 26.3 Å². The number of hydrogen-bond acceptors (Lipinski definition) is 6. The molecule has 1 unspecified atom stereocenters. The summed E-state index contributed by atoms with van der Waals surface area (Å²) in [5, 5.41) is 16.2. The van der Waals surface area contributed by atoms with Crippen molar-refractivity contribution in [2.45, 2.75) is 57.6 Å². The highest BCUT2D eigenvalue weighted by Gasteiger charge is 2.69. The van der Waals surface area contributed by atoms with Crippen molar-refractivity contribution in [2.75, 3.05) is 13.7 Å². The molecular formula is C27H29ClF3N5O4. The number of hydrogen-bond donors (Lipinski definition) is 2. The van der Waals surface area contributed by atoms with E-state index in [1.165, 1.54) is 18.9 Å². The third-order valence-corrected chi connectivity index (χ3v) is 8.43. The second-order valence-corrected chi connectivity index (χ2v) is 11.2. The largest absolute Gasteiger partial charge is 0.471 e. The first-order chi connectivity index (χ1) is 18.7. The average molecular weight is 580 g/mol. The molecule has 2 aromatic rings. The molecule has 6 atom stereocenters. The molecular weight excluding hydrogens is 551 g/mol. The molecule has 2 aliphatic rings. The van der Waals surface area contributed by atoms with Crippen molar-refractivity contribution in [3.8, 4) is 6.07 Å². The van der Waals surface area contributed by atoms with Crippen molar-refractivity contribution >= 4 is 40.1 Å². The summed E-state index contributed by atoms with van der Waals surface area (Å²) in [5.41, 5.74) is 0.341. The van der Waals surface area contributed by atoms with Gasteiger partial charge in [-0.15, -0.1) is 0 Å². The quantitative estimate of drug-likeness (QED) is 0.495. The van der Waals surface area contributed by atoms with Crippen molar-refractivity contribution in [2.24, 2.45) is 17.3 Å². The molecule has 1 saturated carbocycles. The van der Waals surface area contributed by atoms with Gasteiger partial charge in [0.15, 0.2) is 0 Å². The Morgan fingerprint density at radius 2 is 1.98 bits per heavy atom. The number of amides is 3. The first-order valence-corrected chi connectivity index (χ1v) is 13.0. The number of methoxy groups -OCH3 is 1. The van der Waals surface area contributed by atoms with Gasteiger partial charge in [0, 0.05) is 48.3 Å². The molecule has 1 aromatic heterocycles. The topological polar surface area (TPSA) is 124 Å². The summed E-state index contributed by atoms with van der Waals surface area (Å²) in [5.74, 6) is -4.11. The van der Waals surface area contributed by atoms with E-state index in [0.717, 1.165) is 5.39 Å². The second kappa shape index (κ2) is 10.9. The zero-order valence-electron chi connectivity index (χ0n) is 22.3. The van der Waals surface area contributed by atoms with Crippen molar-refractivity contribution in [3.63, 3.8) is 0 Å². The Balaban J connectivity index is 1.57. The lowest BCUT2D eigenvalue weighted by atomic mass is 9.98. The molecule has 214 valence electrons. The highest BCUT2D eigenvalue weighted by atomic mass is 35.5. The normalized spacial score (nSPS) is 23.5. The number of rotatable bonds is 8. The Labute approximate surface area is 234 Å². The first-order valence-electron chi connectivity index (χ1n) is 12.6. The lowest BCUT2D eigenvalue weighted by Crippen LogP contribution is -2.60. The summed E-state index contributed by atoms with van der Waals surface area (Å²) in [6.07, 6.45) is -3.04. The molecule has 40 heavy (non-hydrogen) atoms. The van der Waals surface area contributed by atoms with E-state index in [-0.39, 0.29) is 30.2 Å². The maximum Gasteiger partial charge on any atom is 0.471 e. The fourth-order valence-electron chi connectivity index (χ4n) is 5.75. The van der Waals surface area contributed by atoms with Gasteiger partial charge in [-0.25, -0.2) is 0 Å². The first kappa shape index (κ1) is 29.6. The average Bonchev–Trinajstić information content (AvgIpc) is 3.22. The van der Waals surface area contributed by atoms with Gasteiger partial charge in [0.05, 0.1) is 12.2 Å². The number of nitrogens with zero attached hydrogens (tertiary/aromatic N) is 3. The summed E-state index contributed by atoms with van der Waals surface area (Å²) < 4.78 is 44.1. The number of likely N-dealkylation sites (tertiary alicyclic amines) is 1. The fraction of sp³-hybridized carbons (Fsp3) is 0.519. The van der Waals surface area contributed by atoms with Crippen LogP contribution in [0.5, 0.6) is 0 Å². The standard InChI is InChI=1S/C27H29ClF3N5O4/c1-13(40-4)21(35-25(39)27(29,30)31)24(38)36-12-17-20(26(17,2)3)22(36)23(37)34-16(9-32)8-15-11-33-10-14-6-5-7-18(28)19(14)15/h5-7,10-11,13,16-17,20-22H,8,12H2,1-4H3,(H,34,37)(H,35,39)/t13-,16?,17+,20+,21+,22+/m1/s1. The zero-order chi connectivity index (χ0) is 29.6. The van der Waals surface area contributed by atoms with Crippen LogP contribution in [0.4, 0.5) is 13.2 Å². The molecule has 2 N–H and O–H groups in total. The highest BCUT2D eigenvalue weighted by Crippen LogP contribution is 2.65. The number of alkyl halides is 3. The van der Waals surface area contributed by atoms with E-state index in [4.69, 9.17) is 16.3 Å². The van der Waals surface area contributed by atoms with Gasteiger partial charge in [-0.1, -0.05) is 37.6 Å². The third kappa shape index (κ3) is 5.45. The van der Waals surface area contributed by atoms with Crippen LogP contribution < -0.4 is 10.6 Å². The molecule has 1 aliphatic heterocycles. The molecule has 1 saturated heterocycles. The van der Waals surface area contributed by atoms with E-state index in [0.29, 0.717) is 16.0 Å². The fourth-order valence-corrected chi connectivity index (χ4v) is 6.05. The van der Waals surface area contributed by atoms with E-state index in [1.54, 1.807) is 29.8 Å². The van der Waals surface area contributed by atoms with Crippen LogP contribution in [0.2, 0.25) is 5.02 Å². The van der Waals surface area contributed by atoms with Gasteiger partial charge in [0.1, 0.15) is 18.1 Å². The molecule has 9 nitrogen and oxygen atoms in total. The molecule has 4 rings (SSSR count). The van der Waals surface area contributed by atoms with Crippen molar-refractivity contribution in [3.05, 3.63) is 41.2 Å². The number of halogens is 4. The van der Waals surface area contributed by atoms with E-state index in [2.05, 4.69) is 16.4 Å². The summed E-state index contributed by atoms with van der Waals surface area (Å²) in [6, 6.07) is 3.64. The number of piperidine rings is 1. The molecule has 0 radical (unpaired) electrons. The molecule has 2 fully saturated rings. The SMILES string of the molecule is CO[C@H](C)[C@H](NC(=O)C(F)(F)F)C(=O)N1C[C@H]2[C@@H]([C@H]1C(=O)NC(C#N)Cc1cncc3cccc(Cl)c13)C2(C)C. The molecule has 3 amide bonds. The van der Waals surface area contributed by atoms with Crippen molar-refractivity contribution in [1.82, 2.24) is 20.5 Å². The maximum absolute atomic E-state index is 13.6. The minimum atomic E-state index is -5.21. The summed E-state index contributed by atoms with van der Waals surface area (Å²) in [6.45, 7) is 5.35. The predicted octanol–water partition coefficient (Wildman–Crippen LogP) is 3.00. The highest BCUT2D eigenvalue weighted by molar-refractivity contribution is 6.35. The van der Waals surface area contributed by atoms with E-state index in [1.807, 2.05) is 19.9 Å². The zero-order valence-corrected chi connectivity index (χ0v) is 23.0. The van der Waals surface area contributed by atoms with Crippen LogP contribution >= 0.6 is 11.6 Å². The van der Waals surface area contributed by atoms with Crippen LogP contribution in [0.25, 0.3) is 10.8 Å². The Morgan fingerprint density at radius 1 is 1.27 bits per heavy atom.